The van der Waals surface area contributed by atoms with Crippen molar-refractivity contribution in [2.24, 2.45) is 0 Å². The van der Waals surface area contributed by atoms with Crippen LogP contribution in [0.3, 0.4) is 0 Å². The van der Waals surface area contributed by atoms with Crippen molar-refractivity contribution in [3.63, 3.8) is 0 Å². The van der Waals surface area contributed by atoms with Crippen LogP contribution in [0.2, 0.25) is 0 Å². The fourth-order valence-electron chi connectivity index (χ4n) is 1.87. The van der Waals surface area contributed by atoms with Gasteiger partial charge in [-0.05, 0) is 6.42 Å². The zero-order valence-corrected chi connectivity index (χ0v) is 14.1. The molecule has 0 aliphatic heterocycles. The van der Waals surface area contributed by atoms with E-state index in [1.165, 1.54) is 11.8 Å². The Labute approximate surface area is 140 Å². The zero-order valence-electron chi connectivity index (χ0n) is 13.2. The summed E-state index contributed by atoms with van der Waals surface area (Å²) in [6.07, 6.45) is -5.28. The topological polar surface area (TPSA) is 151 Å². The molecule has 136 valence electrons. The largest absolute Gasteiger partial charge is 0.394 e. The highest BCUT2D eigenvalue weighted by atomic mass is 32.1. The van der Waals surface area contributed by atoms with Crippen LogP contribution in [0.15, 0.2) is 0 Å². The summed E-state index contributed by atoms with van der Waals surface area (Å²) in [4.78, 5) is 21.7. The van der Waals surface area contributed by atoms with Gasteiger partial charge in [0.05, 0.1) is 6.61 Å². The molecule has 6 N–H and O–H groups in total. The molecule has 0 bridgehead atoms. The molecule has 0 aromatic rings. The highest BCUT2D eigenvalue weighted by Crippen LogP contribution is 2.23. The Kier molecular flexibility index (Phi) is 9.66. The average Bonchev–Trinajstić information content (AvgIpc) is 2.50. The molecule has 4 unspecified atom stereocenters. The lowest BCUT2D eigenvalue weighted by atomic mass is 10.0. The highest BCUT2D eigenvalue weighted by Gasteiger charge is 2.47. The van der Waals surface area contributed by atoms with Gasteiger partial charge >= 0.3 is 0 Å². The third-order valence-corrected chi connectivity index (χ3v) is 3.62. The number of thiol groups is 1. The molecule has 0 aromatic heterocycles. The van der Waals surface area contributed by atoms with Crippen LogP contribution < -0.4 is 5.32 Å². The van der Waals surface area contributed by atoms with Crippen LogP contribution in [-0.4, -0.2) is 91.7 Å². The van der Waals surface area contributed by atoms with Crippen molar-refractivity contribution in [1.82, 2.24) is 10.2 Å². The van der Waals surface area contributed by atoms with Crippen molar-refractivity contribution < 1.29 is 35.1 Å². The molecule has 0 spiro atoms. The number of nitrogens with zero attached hydrogens (tertiary/aromatic N) is 1. The summed E-state index contributed by atoms with van der Waals surface area (Å²) in [5.41, 5.74) is 0. The normalized spacial score (nSPS) is 17.7. The first kappa shape index (κ1) is 22.1. The van der Waals surface area contributed by atoms with Crippen molar-refractivity contribution in [2.75, 3.05) is 26.2 Å². The summed E-state index contributed by atoms with van der Waals surface area (Å²) in [7, 11) is 0. The number of aliphatic hydroxyl groups is 5. The SMILES string of the molecule is CCCN(CCNC(C)=O)C(=O)C(O)(S)C(O)C(O)C(O)CO. The minimum absolute atomic E-state index is 0.0699. The number of carbonyl (C=O) groups excluding carboxylic acids is 2. The van der Waals surface area contributed by atoms with Crippen molar-refractivity contribution in [3.8, 4) is 0 Å². The molecule has 4 atom stereocenters. The van der Waals surface area contributed by atoms with Crippen LogP contribution in [0.25, 0.3) is 0 Å². The molecule has 0 heterocycles. The molecular weight excluding hydrogens is 328 g/mol. The highest BCUT2D eigenvalue weighted by molar-refractivity contribution is 7.82. The van der Waals surface area contributed by atoms with Crippen LogP contribution in [0, 0.1) is 0 Å². The van der Waals surface area contributed by atoms with Crippen molar-refractivity contribution in [2.45, 2.75) is 43.5 Å². The molecule has 0 saturated heterocycles. The van der Waals surface area contributed by atoms with Gasteiger partial charge in [0.2, 0.25) is 10.8 Å². The molecule has 2 amide bonds. The minimum Gasteiger partial charge on any atom is -0.394 e. The lowest BCUT2D eigenvalue weighted by Crippen LogP contribution is -2.59. The zero-order chi connectivity index (χ0) is 18.2. The molecule has 0 fully saturated rings. The Hall–Kier alpha value is -0.910. The van der Waals surface area contributed by atoms with Crippen LogP contribution in [0.1, 0.15) is 20.3 Å². The maximum atomic E-state index is 12.4. The van der Waals surface area contributed by atoms with Crippen molar-refractivity contribution in [3.05, 3.63) is 0 Å². The van der Waals surface area contributed by atoms with Crippen LogP contribution in [-0.2, 0) is 9.59 Å². The Morgan fingerprint density at radius 1 is 1.26 bits per heavy atom. The smallest absolute Gasteiger partial charge is 0.267 e. The Morgan fingerprint density at radius 2 is 1.83 bits per heavy atom. The Balaban J connectivity index is 5.02. The fraction of sp³-hybridized carbons (Fsp3) is 0.846. The maximum Gasteiger partial charge on any atom is 0.267 e. The molecule has 0 rings (SSSR count). The summed E-state index contributed by atoms with van der Waals surface area (Å²) in [5.74, 6) is -1.26. The van der Waals surface area contributed by atoms with E-state index in [0.717, 1.165) is 0 Å². The molecule has 0 aliphatic carbocycles. The summed E-state index contributed by atoms with van der Waals surface area (Å²) in [6, 6.07) is 0. The predicted molar refractivity (Wildman–Crippen MR) is 84.6 cm³/mol. The van der Waals surface area contributed by atoms with E-state index in [0.29, 0.717) is 6.42 Å². The van der Waals surface area contributed by atoms with Gasteiger partial charge in [-0.15, -0.1) is 12.6 Å². The molecular formula is C13H26N2O7S. The first-order valence-corrected chi connectivity index (χ1v) is 7.67. The van der Waals surface area contributed by atoms with E-state index in [1.54, 1.807) is 6.92 Å². The molecule has 0 radical (unpaired) electrons. The Morgan fingerprint density at radius 3 is 2.26 bits per heavy atom. The maximum absolute atomic E-state index is 12.4. The van der Waals surface area contributed by atoms with Gasteiger partial charge < -0.3 is 35.7 Å². The van der Waals surface area contributed by atoms with Gasteiger partial charge in [0.1, 0.15) is 18.3 Å². The van der Waals surface area contributed by atoms with Gasteiger partial charge in [0.25, 0.3) is 5.91 Å². The first-order chi connectivity index (χ1) is 10.6. The molecule has 0 saturated carbocycles. The molecule has 0 aromatic carbocycles. The van der Waals surface area contributed by atoms with Crippen LogP contribution in [0.5, 0.6) is 0 Å². The number of aliphatic hydroxyl groups excluding tert-OH is 4. The second kappa shape index (κ2) is 10.1. The van der Waals surface area contributed by atoms with E-state index in [-0.39, 0.29) is 25.5 Å². The fourth-order valence-corrected chi connectivity index (χ4v) is 2.16. The lowest BCUT2D eigenvalue weighted by Gasteiger charge is -2.35. The van der Waals surface area contributed by atoms with Crippen molar-refractivity contribution >= 4 is 24.4 Å². The average molecular weight is 354 g/mol. The van der Waals surface area contributed by atoms with Gasteiger partial charge in [-0.25, -0.2) is 0 Å². The molecule has 9 nitrogen and oxygen atoms in total. The third-order valence-electron chi connectivity index (χ3n) is 3.17. The number of hydrogen-bond donors (Lipinski definition) is 7. The van der Waals surface area contributed by atoms with Gasteiger partial charge in [-0.2, -0.15) is 0 Å². The summed E-state index contributed by atoms with van der Waals surface area (Å²) in [5, 5.41) is 50.2. The van der Waals surface area contributed by atoms with Gasteiger partial charge in [-0.1, -0.05) is 6.92 Å². The second-order valence-electron chi connectivity index (χ2n) is 5.19. The number of carbonyl (C=O) groups is 2. The van der Waals surface area contributed by atoms with E-state index in [4.69, 9.17) is 5.11 Å². The standard InChI is InChI=1S/C13H26N2O7S/c1-3-5-15(6-4-14-8(2)17)12(21)13(22,23)11(20)10(19)9(18)7-16/h9-11,16,18-20,22-23H,3-7H2,1-2H3,(H,14,17). The number of amides is 2. The van der Waals surface area contributed by atoms with Crippen LogP contribution >= 0.6 is 12.6 Å². The van der Waals surface area contributed by atoms with E-state index in [1.807, 2.05) is 0 Å². The number of nitrogens with one attached hydrogen (secondary N) is 1. The van der Waals surface area contributed by atoms with E-state index < -0.39 is 35.8 Å². The first-order valence-electron chi connectivity index (χ1n) is 7.23. The molecule has 0 aliphatic rings. The molecule has 10 heteroatoms. The quantitative estimate of drug-likeness (QED) is 0.164. The van der Waals surface area contributed by atoms with Crippen molar-refractivity contribution in [1.29, 1.82) is 0 Å². The summed E-state index contributed by atoms with van der Waals surface area (Å²) >= 11 is 3.72. The summed E-state index contributed by atoms with van der Waals surface area (Å²) in [6.45, 7) is 2.68. The van der Waals surface area contributed by atoms with E-state index >= 15 is 0 Å². The Bertz CT molecular complexity index is 395. The lowest BCUT2D eigenvalue weighted by molar-refractivity contribution is -0.164. The van der Waals surface area contributed by atoms with E-state index in [9.17, 15) is 30.0 Å². The predicted octanol–water partition coefficient (Wildman–Crippen LogP) is -2.95. The van der Waals surface area contributed by atoms with Gasteiger partial charge in [-0.3, -0.25) is 9.59 Å². The number of rotatable bonds is 10. The minimum atomic E-state index is -2.67. The monoisotopic (exact) mass is 354 g/mol. The summed E-state index contributed by atoms with van der Waals surface area (Å²) < 4.78 is 0. The van der Waals surface area contributed by atoms with E-state index in [2.05, 4.69) is 17.9 Å². The molecule has 23 heavy (non-hydrogen) atoms. The third kappa shape index (κ3) is 6.61. The number of hydrogen-bond acceptors (Lipinski definition) is 8. The van der Waals surface area contributed by atoms with Gasteiger partial charge in [0.15, 0.2) is 0 Å². The van der Waals surface area contributed by atoms with Crippen LogP contribution in [0.4, 0.5) is 0 Å². The second-order valence-corrected chi connectivity index (χ2v) is 5.87. The van der Waals surface area contributed by atoms with Gasteiger partial charge in [0, 0.05) is 26.6 Å².